The number of fused-ring (bicyclic) bond motifs is 1. The largest absolute Gasteiger partial charge is 0.467 e. The lowest BCUT2D eigenvalue weighted by Crippen LogP contribution is -2.56. The van der Waals surface area contributed by atoms with Gasteiger partial charge in [-0.2, -0.15) is 0 Å². The number of carbonyl (C=O) groups excluding carboxylic acids is 4. The Kier molecular flexibility index (Phi) is 7.61. The molecule has 2 aliphatic rings. The Morgan fingerprint density at radius 1 is 1.12 bits per heavy atom. The van der Waals surface area contributed by atoms with Crippen molar-refractivity contribution in [3.05, 3.63) is 35.4 Å². The van der Waals surface area contributed by atoms with E-state index in [1.807, 2.05) is 24.3 Å². The highest BCUT2D eigenvalue weighted by Crippen LogP contribution is 2.29. The van der Waals surface area contributed by atoms with E-state index < -0.39 is 35.7 Å². The molecule has 0 spiro atoms. The first-order valence-electron chi connectivity index (χ1n) is 11.3. The Bertz CT molecular complexity index is 885. The lowest BCUT2D eigenvalue weighted by Gasteiger charge is -2.28. The lowest BCUT2D eigenvalue weighted by molar-refractivity contribution is -0.146. The molecular weight excluding hydrogens is 426 g/mol. The molecule has 1 saturated heterocycles. The minimum atomic E-state index is -0.997. The van der Waals surface area contributed by atoms with Crippen LogP contribution in [0.4, 0.5) is 4.79 Å². The van der Waals surface area contributed by atoms with Gasteiger partial charge in [0.2, 0.25) is 11.8 Å². The number of hydrogen-bond donors (Lipinski definition) is 3. The number of methoxy groups -OCH3 is 1. The summed E-state index contributed by atoms with van der Waals surface area (Å²) in [6, 6.07) is 5.98. The molecule has 1 aromatic carbocycles. The van der Waals surface area contributed by atoms with Crippen LogP contribution in [-0.2, 0) is 36.7 Å². The molecule has 1 aromatic rings. The average molecular weight is 460 g/mol. The van der Waals surface area contributed by atoms with E-state index in [4.69, 9.17) is 9.47 Å². The van der Waals surface area contributed by atoms with Gasteiger partial charge in [0.15, 0.2) is 0 Å². The fourth-order valence-electron chi connectivity index (χ4n) is 4.43. The van der Waals surface area contributed by atoms with Gasteiger partial charge in [-0.25, -0.2) is 9.59 Å². The second kappa shape index (κ2) is 10.2. The molecule has 9 heteroatoms. The van der Waals surface area contributed by atoms with Crippen LogP contribution in [0.1, 0.15) is 44.7 Å². The van der Waals surface area contributed by atoms with Crippen molar-refractivity contribution in [3.63, 3.8) is 0 Å². The molecule has 1 heterocycles. The van der Waals surface area contributed by atoms with Gasteiger partial charge in [0.05, 0.1) is 7.11 Å². The van der Waals surface area contributed by atoms with Gasteiger partial charge in [0.25, 0.3) is 0 Å². The number of esters is 1. The lowest BCUT2D eigenvalue weighted by atomic mass is 9.94. The van der Waals surface area contributed by atoms with Crippen LogP contribution < -0.4 is 16.0 Å². The molecule has 3 rings (SSSR count). The zero-order valence-electron chi connectivity index (χ0n) is 19.6. The van der Waals surface area contributed by atoms with Crippen LogP contribution in [0, 0.1) is 11.8 Å². The molecule has 3 amide bonds. The fourth-order valence-corrected chi connectivity index (χ4v) is 4.43. The van der Waals surface area contributed by atoms with Crippen molar-refractivity contribution in [2.45, 2.75) is 64.1 Å². The Labute approximate surface area is 194 Å². The van der Waals surface area contributed by atoms with Crippen molar-refractivity contribution in [2.24, 2.45) is 11.8 Å². The monoisotopic (exact) mass is 459 g/mol. The maximum Gasteiger partial charge on any atom is 0.408 e. The first-order chi connectivity index (χ1) is 15.6. The second-order valence-electron chi connectivity index (χ2n) is 9.66. The van der Waals surface area contributed by atoms with Crippen LogP contribution in [0.5, 0.6) is 0 Å². The number of benzene rings is 1. The van der Waals surface area contributed by atoms with Gasteiger partial charge in [-0.15, -0.1) is 0 Å². The van der Waals surface area contributed by atoms with E-state index in [9.17, 15) is 19.2 Å². The first-order valence-corrected chi connectivity index (χ1v) is 11.3. The van der Waals surface area contributed by atoms with Crippen LogP contribution in [0.3, 0.4) is 0 Å². The molecule has 0 radical (unpaired) electrons. The molecule has 33 heavy (non-hydrogen) atoms. The minimum absolute atomic E-state index is 0.133. The van der Waals surface area contributed by atoms with E-state index in [0.717, 1.165) is 11.1 Å². The number of ether oxygens (including phenoxy) is 2. The molecular formula is C24H33N3O6. The summed E-state index contributed by atoms with van der Waals surface area (Å²) in [7, 11) is 1.24. The van der Waals surface area contributed by atoms with Gasteiger partial charge in [0, 0.05) is 12.5 Å². The molecule has 0 aromatic heterocycles. The third-order valence-electron chi connectivity index (χ3n) is 5.99. The minimum Gasteiger partial charge on any atom is -0.467 e. The van der Waals surface area contributed by atoms with Crippen LogP contribution in [0.15, 0.2) is 24.3 Å². The molecule has 0 saturated carbocycles. The Morgan fingerprint density at radius 3 is 2.27 bits per heavy atom. The van der Waals surface area contributed by atoms with E-state index in [1.165, 1.54) is 7.11 Å². The number of carbonyl (C=O) groups is 4. The number of nitrogens with one attached hydrogen (secondary N) is 3. The van der Waals surface area contributed by atoms with Crippen LogP contribution in [0.2, 0.25) is 0 Å². The zero-order valence-corrected chi connectivity index (χ0v) is 19.6. The normalized spacial score (nSPS) is 19.8. The number of hydrogen-bond acceptors (Lipinski definition) is 6. The third kappa shape index (κ3) is 6.46. The highest BCUT2D eigenvalue weighted by Gasteiger charge is 2.38. The van der Waals surface area contributed by atoms with Gasteiger partial charge < -0.3 is 25.4 Å². The van der Waals surface area contributed by atoms with Gasteiger partial charge in [-0.05, 0) is 63.5 Å². The molecule has 1 aliphatic carbocycles. The van der Waals surface area contributed by atoms with E-state index in [1.54, 1.807) is 20.8 Å². The number of alkyl carbamates (subject to hydrolysis) is 1. The fraction of sp³-hybridized carbons (Fsp3) is 0.583. The summed E-state index contributed by atoms with van der Waals surface area (Å²) < 4.78 is 10.2. The predicted molar refractivity (Wildman–Crippen MR) is 120 cm³/mol. The average Bonchev–Trinajstić information content (AvgIpc) is 3.35. The maximum absolute atomic E-state index is 13.4. The van der Waals surface area contributed by atoms with Crippen molar-refractivity contribution in [3.8, 4) is 0 Å². The molecule has 0 unspecified atom stereocenters. The molecule has 180 valence electrons. The summed E-state index contributed by atoms with van der Waals surface area (Å²) in [5.41, 5.74) is 1.52. The molecule has 9 nitrogen and oxygen atoms in total. The Morgan fingerprint density at radius 2 is 1.76 bits per heavy atom. The van der Waals surface area contributed by atoms with Crippen LogP contribution in [-0.4, -0.2) is 55.2 Å². The van der Waals surface area contributed by atoms with E-state index >= 15 is 0 Å². The predicted octanol–water partition coefficient (Wildman–Crippen LogP) is 1.48. The Balaban J connectivity index is 1.77. The van der Waals surface area contributed by atoms with Gasteiger partial charge in [0.1, 0.15) is 17.7 Å². The summed E-state index contributed by atoms with van der Waals surface area (Å²) in [6.07, 6.45) is 1.23. The van der Waals surface area contributed by atoms with E-state index in [-0.39, 0.29) is 24.2 Å². The number of rotatable bonds is 7. The summed E-state index contributed by atoms with van der Waals surface area (Å²) >= 11 is 0. The maximum atomic E-state index is 13.4. The van der Waals surface area contributed by atoms with Crippen molar-refractivity contribution in [2.75, 3.05) is 13.7 Å². The van der Waals surface area contributed by atoms with Crippen molar-refractivity contribution in [1.82, 2.24) is 16.0 Å². The second-order valence-corrected chi connectivity index (χ2v) is 9.66. The molecule has 1 aliphatic heterocycles. The topological polar surface area (TPSA) is 123 Å². The highest BCUT2D eigenvalue weighted by atomic mass is 16.6. The van der Waals surface area contributed by atoms with Crippen molar-refractivity contribution in [1.29, 1.82) is 0 Å². The quantitative estimate of drug-likeness (QED) is 0.531. The first kappa shape index (κ1) is 24.5. The summed E-state index contributed by atoms with van der Waals surface area (Å²) in [5.74, 6) is -1.88. The summed E-state index contributed by atoms with van der Waals surface area (Å²) in [6.45, 7) is 5.77. The third-order valence-corrected chi connectivity index (χ3v) is 5.99. The zero-order chi connectivity index (χ0) is 24.2. The van der Waals surface area contributed by atoms with Gasteiger partial charge in [-0.1, -0.05) is 24.3 Å². The standard InChI is InChI=1S/C24H33N3O6/c1-24(2,3)33-23(31)27-19(17-11-14-7-5-6-8-15(14)12-17)21(29)26-18(22(30)32-4)13-16-9-10-25-20(16)28/h5-8,16-19H,9-13H2,1-4H3,(H,25,28)(H,26,29)(H,27,31)/t16-,18-,19-/m0/s1. The SMILES string of the molecule is COC(=O)[C@H](C[C@@H]1CCNC1=O)NC(=O)[C@@H](NC(=O)OC(C)(C)C)C1Cc2ccccc2C1. The van der Waals surface area contributed by atoms with Crippen molar-refractivity contribution < 1.29 is 28.7 Å². The molecule has 3 atom stereocenters. The van der Waals surface area contributed by atoms with Crippen LogP contribution in [0.25, 0.3) is 0 Å². The molecule has 3 N–H and O–H groups in total. The van der Waals surface area contributed by atoms with E-state index in [2.05, 4.69) is 16.0 Å². The van der Waals surface area contributed by atoms with Crippen LogP contribution >= 0.6 is 0 Å². The Hall–Kier alpha value is -3.10. The molecule has 1 fully saturated rings. The number of amides is 3. The van der Waals surface area contributed by atoms with Gasteiger partial charge in [-0.3, -0.25) is 9.59 Å². The van der Waals surface area contributed by atoms with E-state index in [0.29, 0.717) is 25.8 Å². The summed E-state index contributed by atoms with van der Waals surface area (Å²) in [5, 5.41) is 8.17. The molecule has 0 bridgehead atoms. The summed E-state index contributed by atoms with van der Waals surface area (Å²) in [4.78, 5) is 50.3. The van der Waals surface area contributed by atoms with Crippen molar-refractivity contribution >= 4 is 23.9 Å². The smallest absolute Gasteiger partial charge is 0.408 e. The van der Waals surface area contributed by atoms with Gasteiger partial charge >= 0.3 is 12.1 Å². The highest BCUT2D eigenvalue weighted by molar-refractivity contribution is 5.90.